The highest BCUT2D eigenvalue weighted by Gasteiger charge is 2.24. The average molecular weight is 282 g/mol. The Labute approximate surface area is 107 Å². The van der Waals surface area contributed by atoms with Crippen molar-refractivity contribution < 1.29 is 0 Å². The van der Waals surface area contributed by atoms with Crippen LogP contribution in [-0.2, 0) is 6.54 Å². The molecular formula is C14H20BrN. The van der Waals surface area contributed by atoms with Crippen molar-refractivity contribution in [1.29, 1.82) is 0 Å². The Morgan fingerprint density at radius 1 is 1.44 bits per heavy atom. The number of rotatable bonds is 6. The van der Waals surface area contributed by atoms with Gasteiger partial charge in [-0.05, 0) is 36.5 Å². The second kappa shape index (κ2) is 5.83. The molecule has 1 aliphatic carbocycles. The maximum absolute atomic E-state index is 3.66. The SMILES string of the molecule is CCC(CC1CC1)NCc1cccc(Br)c1. The van der Waals surface area contributed by atoms with Crippen molar-refractivity contribution in [2.75, 3.05) is 0 Å². The zero-order valence-electron chi connectivity index (χ0n) is 9.88. The normalized spacial score (nSPS) is 17.4. The third-order valence-corrected chi connectivity index (χ3v) is 3.78. The van der Waals surface area contributed by atoms with E-state index in [1.807, 2.05) is 0 Å². The zero-order valence-corrected chi connectivity index (χ0v) is 11.5. The lowest BCUT2D eigenvalue weighted by atomic mass is 10.1. The number of hydrogen-bond acceptors (Lipinski definition) is 1. The molecule has 1 fully saturated rings. The monoisotopic (exact) mass is 281 g/mol. The quantitative estimate of drug-likeness (QED) is 0.827. The molecule has 0 radical (unpaired) electrons. The Balaban J connectivity index is 1.80. The molecule has 0 aliphatic heterocycles. The lowest BCUT2D eigenvalue weighted by Gasteiger charge is -2.16. The van der Waals surface area contributed by atoms with E-state index in [-0.39, 0.29) is 0 Å². The molecule has 16 heavy (non-hydrogen) atoms. The molecule has 0 heterocycles. The fourth-order valence-electron chi connectivity index (χ4n) is 2.06. The molecule has 1 aliphatic rings. The molecule has 0 saturated heterocycles. The highest BCUT2D eigenvalue weighted by molar-refractivity contribution is 9.10. The summed E-state index contributed by atoms with van der Waals surface area (Å²) in [6.45, 7) is 3.27. The predicted octanol–water partition coefficient (Wildman–Crippen LogP) is 4.12. The van der Waals surface area contributed by atoms with Gasteiger partial charge in [0, 0.05) is 17.1 Å². The van der Waals surface area contributed by atoms with Gasteiger partial charge in [0.1, 0.15) is 0 Å². The first-order valence-electron chi connectivity index (χ1n) is 6.25. The Morgan fingerprint density at radius 2 is 2.25 bits per heavy atom. The van der Waals surface area contributed by atoms with Gasteiger partial charge < -0.3 is 5.32 Å². The molecule has 1 atom stereocenters. The third kappa shape index (κ3) is 3.91. The van der Waals surface area contributed by atoms with E-state index in [9.17, 15) is 0 Å². The number of hydrogen-bond donors (Lipinski definition) is 1. The summed E-state index contributed by atoms with van der Waals surface area (Å²) in [6, 6.07) is 9.25. The molecule has 1 N–H and O–H groups in total. The topological polar surface area (TPSA) is 12.0 Å². The van der Waals surface area contributed by atoms with Crippen molar-refractivity contribution in [2.24, 2.45) is 5.92 Å². The van der Waals surface area contributed by atoms with Gasteiger partial charge in [0.15, 0.2) is 0 Å². The number of benzene rings is 1. The van der Waals surface area contributed by atoms with Crippen LogP contribution in [0.15, 0.2) is 28.7 Å². The molecular weight excluding hydrogens is 262 g/mol. The average Bonchev–Trinajstić information content (AvgIpc) is 3.08. The van der Waals surface area contributed by atoms with Gasteiger partial charge in [0.2, 0.25) is 0 Å². The van der Waals surface area contributed by atoms with Crippen molar-refractivity contribution in [3.8, 4) is 0 Å². The zero-order chi connectivity index (χ0) is 11.4. The molecule has 2 heteroatoms. The molecule has 1 aromatic carbocycles. The van der Waals surface area contributed by atoms with Crippen LogP contribution in [0.25, 0.3) is 0 Å². The van der Waals surface area contributed by atoms with E-state index in [1.165, 1.54) is 35.7 Å². The van der Waals surface area contributed by atoms with Crippen LogP contribution in [0.4, 0.5) is 0 Å². The second-order valence-corrected chi connectivity index (χ2v) is 5.71. The largest absolute Gasteiger partial charge is 0.310 e. The summed E-state index contributed by atoms with van der Waals surface area (Å²) in [5.41, 5.74) is 1.36. The lowest BCUT2D eigenvalue weighted by Crippen LogP contribution is -2.28. The molecule has 1 aromatic rings. The van der Waals surface area contributed by atoms with E-state index in [0.717, 1.165) is 12.5 Å². The molecule has 1 unspecified atom stereocenters. The van der Waals surface area contributed by atoms with Crippen LogP contribution in [0.1, 0.15) is 38.2 Å². The minimum atomic E-state index is 0.700. The Kier molecular flexibility index (Phi) is 4.42. The number of nitrogens with one attached hydrogen (secondary N) is 1. The van der Waals surface area contributed by atoms with Crippen LogP contribution in [-0.4, -0.2) is 6.04 Å². The lowest BCUT2D eigenvalue weighted by molar-refractivity contribution is 0.445. The smallest absolute Gasteiger partial charge is 0.0208 e. The summed E-state index contributed by atoms with van der Waals surface area (Å²) in [5.74, 6) is 1.01. The molecule has 0 amide bonds. The summed E-state index contributed by atoms with van der Waals surface area (Å²) >= 11 is 3.51. The summed E-state index contributed by atoms with van der Waals surface area (Å²) < 4.78 is 1.17. The third-order valence-electron chi connectivity index (χ3n) is 3.29. The fourth-order valence-corrected chi connectivity index (χ4v) is 2.51. The Hall–Kier alpha value is -0.340. The van der Waals surface area contributed by atoms with Crippen molar-refractivity contribution in [1.82, 2.24) is 5.32 Å². The standard InChI is InChI=1S/C14H20BrN/c1-2-14(9-11-6-7-11)16-10-12-4-3-5-13(15)8-12/h3-5,8,11,14,16H,2,6-7,9-10H2,1H3. The van der Waals surface area contributed by atoms with E-state index < -0.39 is 0 Å². The van der Waals surface area contributed by atoms with Crippen molar-refractivity contribution in [3.05, 3.63) is 34.3 Å². The minimum absolute atomic E-state index is 0.700. The van der Waals surface area contributed by atoms with Crippen LogP contribution >= 0.6 is 15.9 Å². The first-order chi connectivity index (χ1) is 7.78. The minimum Gasteiger partial charge on any atom is -0.310 e. The maximum Gasteiger partial charge on any atom is 0.0208 e. The van der Waals surface area contributed by atoms with Crippen molar-refractivity contribution in [3.63, 3.8) is 0 Å². The Bertz CT molecular complexity index is 333. The predicted molar refractivity (Wildman–Crippen MR) is 72.4 cm³/mol. The summed E-state index contributed by atoms with van der Waals surface area (Å²) in [4.78, 5) is 0. The van der Waals surface area contributed by atoms with Gasteiger partial charge in [-0.3, -0.25) is 0 Å². The first kappa shape index (κ1) is 12.1. The molecule has 88 valence electrons. The van der Waals surface area contributed by atoms with Gasteiger partial charge in [0.25, 0.3) is 0 Å². The van der Waals surface area contributed by atoms with Crippen LogP contribution in [0.2, 0.25) is 0 Å². The van der Waals surface area contributed by atoms with Crippen LogP contribution in [0.5, 0.6) is 0 Å². The van der Waals surface area contributed by atoms with Crippen LogP contribution in [0, 0.1) is 5.92 Å². The maximum atomic E-state index is 3.66. The van der Waals surface area contributed by atoms with Gasteiger partial charge >= 0.3 is 0 Å². The van der Waals surface area contributed by atoms with Gasteiger partial charge in [-0.25, -0.2) is 0 Å². The molecule has 0 spiro atoms. The molecule has 1 saturated carbocycles. The summed E-state index contributed by atoms with van der Waals surface area (Å²) in [6.07, 6.45) is 5.51. The number of halogens is 1. The first-order valence-corrected chi connectivity index (χ1v) is 7.05. The highest BCUT2D eigenvalue weighted by Crippen LogP contribution is 2.34. The van der Waals surface area contributed by atoms with Gasteiger partial charge in [-0.2, -0.15) is 0 Å². The van der Waals surface area contributed by atoms with Gasteiger partial charge in [-0.1, -0.05) is 47.8 Å². The molecule has 0 bridgehead atoms. The summed E-state index contributed by atoms with van der Waals surface area (Å²) in [5, 5.41) is 3.66. The van der Waals surface area contributed by atoms with E-state index >= 15 is 0 Å². The Morgan fingerprint density at radius 3 is 2.88 bits per heavy atom. The van der Waals surface area contributed by atoms with Crippen molar-refractivity contribution in [2.45, 2.75) is 45.2 Å². The molecule has 1 nitrogen and oxygen atoms in total. The van der Waals surface area contributed by atoms with E-state index in [4.69, 9.17) is 0 Å². The molecule has 2 rings (SSSR count). The van der Waals surface area contributed by atoms with E-state index in [1.54, 1.807) is 0 Å². The van der Waals surface area contributed by atoms with Crippen molar-refractivity contribution >= 4 is 15.9 Å². The van der Waals surface area contributed by atoms with Gasteiger partial charge in [0.05, 0.1) is 0 Å². The van der Waals surface area contributed by atoms with E-state index in [2.05, 4.69) is 52.4 Å². The fraction of sp³-hybridized carbons (Fsp3) is 0.571. The van der Waals surface area contributed by atoms with Gasteiger partial charge in [-0.15, -0.1) is 0 Å². The highest BCUT2D eigenvalue weighted by atomic mass is 79.9. The van der Waals surface area contributed by atoms with Crippen LogP contribution in [0.3, 0.4) is 0 Å². The summed E-state index contributed by atoms with van der Waals surface area (Å²) in [7, 11) is 0. The van der Waals surface area contributed by atoms with Crippen LogP contribution < -0.4 is 5.32 Å². The second-order valence-electron chi connectivity index (χ2n) is 4.80. The molecule has 0 aromatic heterocycles. The van der Waals surface area contributed by atoms with E-state index in [0.29, 0.717) is 6.04 Å².